The summed E-state index contributed by atoms with van der Waals surface area (Å²) in [6, 6.07) is 8.33. The first kappa shape index (κ1) is 21.7. The minimum Gasteiger partial charge on any atom is -0.351 e. The SMILES string of the molecule is CCNC(=O)N1CCC(Nc2nccc(C3C(c4ccc(F)cc4)N=C4SC=CN43)n2)CC1. The van der Waals surface area contributed by atoms with E-state index >= 15 is 0 Å². The van der Waals surface area contributed by atoms with Crippen LogP contribution in [0.3, 0.4) is 0 Å². The zero-order valence-corrected chi connectivity index (χ0v) is 19.1. The molecule has 2 atom stereocenters. The first-order valence-corrected chi connectivity index (χ1v) is 12.1. The molecule has 172 valence electrons. The molecule has 3 aliphatic rings. The molecule has 2 N–H and O–H groups in total. The number of aliphatic imine (C=N–C) groups is 1. The Kier molecular flexibility index (Phi) is 6.17. The summed E-state index contributed by atoms with van der Waals surface area (Å²) in [6.07, 6.45) is 5.46. The van der Waals surface area contributed by atoms with Crippen molar-refractivity contribution in [3.63, 3.8) is 0 Å². The number of carbonyl (C=O) groups excluding carboxylic acids is 1. The van der Waals surface area contributed by atoms with Gasteiger partial charge in [0, 0.05) is 38.1 Å². The molecule has 1 saturated heterocycles. The number of hydrogen-bond acceptors (Lipinski definition) is 7. The number of hydrogen-bond donors (Lipinski definition) is 2. The number of amides is 2. The van der Waals surface area contributed by atoms with Crippen molar-refractivity contribution in [2.24, 2.45) is 4.99 Å². The minimum absolute atomic E-state index is 0.00499. The molecule has 33 heavy (non-hydrogen) atoms. The van der Waals surface area contributed by atoms with E-state index in [1.54, 1.807) is 30.1 Å². The average Bonchev–Trinajstić information content (AvgIpc) is 3.42. The summed E-state index contributed by atoms with van der Waals surface area (Å²) in [5, 5.41) is 9.23. The van der Waals surface area contributed by atoms with Gasteiger partial charge in [-0.25, -0.2) is 19.2 Å². The molecule has 0 bridgehead atoms. The topological polar surface area (TPSA) is 85.8 Å². The molecule has 4 heterocycles. The van der Waals surface area contributed by atoms with Crippen LogP contribution in [-0.4, -0.2) is 56.6 Å². The van der Waals surface area contributed by atoms with Gasteiger partial charge in [-0.2, -0.15) is 0 Å². The van der Waals surface area contributed by atoms with Crippen molar-refractivity contribution in [3.8, 4) is 0 Å². The maximum absolute atomic E-state index is 13.5. The average molecular weight is 468 g/mol. The number of carbonyl (C=O) groups is 1. The van der Waals surface area contributed by atoms with Crippen molar-refractivity contribution < 1.29 is 9.18 Å². The molecule has 2 amide bonds. The minimum atomic E-state index is -0.262. The molecule has 10 heteroatoms. The normalized spacial score (nSPS) is 22.3. The summed E-state index contributed by atoms with van der Waals surface area (Å²) in [5.74, 6) is 0.313. The van der Waals surface area contributed by atoms with E-state index in [0.717, 1.165) is 29.3 Å². The van der Waals surface area contributed by atoms with Crippen LogP contribution >= 0.6 is 11.8 Å². The highest BCUT2D eigenvalue weighted by atomic mass is 32.2. The van der Waals surface area contributed by atoms with Crippen molar-refractivity contribution in [2.75, 3.05) is 25.0 Å². The second-order valence-electron chi connectivity index (χ2n) is 8.21. The van der Waals surface area contributed by atoms with Gasteiger partial charge in [0.05, 0.1) is 5.69 Å². The Bertz CT molecular complexity index is 1070. The van der Waals surface area contributed by atoms with Crippen LogP contribution in [0.25, 0.3) is 0 Å². The molecule has 0 radical (unpaired) electrons. The Balaban J connectivity index is 1.31. The Morgan fingerprint density at radius 1 is 1.21 bits per heavy atom. The van der Waals surface area contributed by atoms with E-state index in [-0.39, 0.29) is 30.0 Å². The number of thioether (sulfide) groups is 1. The van der Waals surface area contributed by atoms with Gasteiger partial charge < -0.3 is 20.4 Å². The Hall–Kier alpha value is -3.14. The number of rotatable bonds is 5. The number of urea groups is 1. The second-order valence-corrected chi connectivity index (χ2v) is 9.08. The summed E-state index contributed by atoms with van der Waals surface area (Å²) >= 11 is 1.58. The van der Waals surface area contributed by atoms with E-state index in [4.69, 9.17) is 9.98 Å². The highest BCUT2D eigenvalue weighted by molar-refractivity contribution is 8.16. The number of anilines is 1. The predicted octanol–water partition coefficient (Wildman–Crippen LogP) is 3.89. The summed E-state index contributed by atoms with van der Waals surface area (Å²) < 4.78 is 13.5. The molecule has 8 nitrogen and oxygen atoms in total. The van der Waals surface area contributed by atoms with Gasteiger partial charge in [0.25, 0.3) is 0 Å². The summed E-state index contributed by atoms with van der Waals surface area (Å²) in [6.45, 7) is 3.96. The highest BCUT2D eigenvalue weighted by Crippen LogP contribution is 2.46. The van der Waals surface area contributed by atoms with Gasteiger partial charge in [-0.3, -0.25) is 4.99 Å². The molecule has 2 unspecified atom stereocenters. The molecule has 1 aromatic carbocycles. The van der Waals surface area contributed by atoms with E-state index in [2.05, 4.69) is 20.5 Å². The molecule has 0 saturated carbocycles. The van der Waals surface area contributed by atoms with Gasteiger partial charge in [0.1, 0.15) is 17.9 Å². The summed E-state index contributed by atoms with van der Waals surface area (Å²) in [4.78, 5) is 30.2. The van der Waals surface area contributed by atoms with Gasteiger partial charge in [0.15, 0.2) is 5.17 Å². The van der Waals surface area contributed by atoms with E-state index in [1.165, 1.54) is 12.1 Å². The molecule has 1 aromatic heterocycles. The van der Waals surface area contributed by atoms with Crippen molar-refractivity contribution >= 4 is 28.9 Å². The van der Waals surface area contributed by atoms with Crippen molar-refractivity contribution in [1.29, 1.82) is 0 Å². The lowest BCUT2D eigenvalue weighted by Crippen LogP contribution is -2.46. The Morgan fingerprint density at radius 3 is 2.76 bits per heavy atom. The van der Waals surface area contributed by atoms with Crippen LogP contribution in [0.4, 0.5) is 15.1 Å². The molecular weight excluding hydrogens is 441 g/mol. The molecular formula is C23H26FN7OS. The lowest BCUT2D eigenvalue weighted by molar-refractivity contribution is 0.184. The quantitative estimate of drug-likeness (QED) is 0.694. The van der Waals surface area contributed by atoms with Crippen LogP contribution < -0.4 is 10.6 Å². The van der Waals surface area contributed by atoms with Gasteiger partial charge in [0.2, 0.25) is 5.95 Å². The number of fused-ring (bicyclic) bond motifs is 1. The number of piperidine rings is 1. The number of amidine groups is 1. The predicted molar refractivity (Wildman–Crippen MR) is 127 cm³/mol. The third kappa shape index (κ3) is 4.52. The molecule has 2 aromatic rings. The number of halogens is 1. The fourth-order valence-electron chi connectivity index (χ4n) is 4.43. The zero-order chi connectivity index (χ0) is 22.8. The second kappa shape index (κ2) is 9.38. The highest BCUT2D eigenvalue weighted by Gasteiger charge is 2.40. The zero-order valence-electron chi connectivity index (χ0n) is 18.3. The van der Waals surface area contributed by atoms with E-state index in [1.807, 2.05) is 29.5 Å². The van der Waals surface area contributed by atoms with E-state index in [0.29, 0.717) is 25.6 Å². The maximum atomic E-state index is 13.5. The molecule has 0 aliphatic carbocycles. The number of nitrogens with one attached hydrogen (secondary N) is 2. The number of likely N-dealkylation sites (tertiary alicyclic amines) is 1. The van der Waals surface area contributed by atoms with E-state index in [9.17, 15) is 9.18 Å². The smallest absolute Gasteiger partial charge is 0.317 e. The van der Waals surface area contributed by atoms with Crippen LogP contribution in [0.2, 0.25) is 0 Å². The van der Waals surface area contributed by atoms with Crippen molar-refractivity contribution in [3.05, 3.63) is 65.2 Å². The van der Waals surface area contributed by atoms with Gasteiger partial charge >= 0.3 is 6.03 Å². The number of benzene rings is 1. The van der Waals surface area contributed by atoms with E-state index < -0.39 is 0 Å². The van der Waals surface area contributed by atoms with Gasteiger partial charge in [-0.15, -0.1) is 0 Å². The largest absolute Gasteiger partial charge is 0.351 e. The van der Waals surface area contributed by atoms with Crippen LogP contribution in [0.15, 0.2) is 53.1 Å². The molecule has 5 rings (SSSR count). The Morgan fingerprint density at radius 2 is 2.00 bits per heavy atom. The lowest BCUT2D eigenvalue weighted by Gasteiger charge is -2.32. The Labute approximate surface area is 196 Å². The maximum Gasteiger partial charge on any atom is 0.317 e. The monoisotopic (exact) mass is 467 g/mol. The standard InChI is InChI=1S/C23H26FN7OS/c1-2-25-22(32)30-11-8-17(9-12-30)27-21-26-10-7-18(28-21)20-19(15-3-5-16(24)6-4-15)29-23-31(20)13-14-33-23/h3-7,10,13-14,17,19-20H,2,8-9,11-12H2,1H3,(H,25,32)(H,26,27,28). The third-order valence-electron chi connectivity index (χ3n) is 6.10. The fourth-order valence-corrected chi connectivity index (χ4v) is 5.22. The van der Waals surface area contributed by atoms with Crippen molar-refractivity contribution in [1.82, 2.24) is 25.1 Å². The fraction of sp³-hybridized carbons (Fsp3) is 0.391. The van der Waals surface area contributed by atoms with Crippen LogP contribution in [0, 0.1) is 5.82 Å². The van der Waals surface area contributed by atoms with Crippen LogP contribution in [0.5, 0.6) is 0 Å². The third-order valence-corrected chi connectivity index (χ3v) is 6.88. The van der Waals surface area contributed by atoms with Crippen molar-refractivity contribution in [2.45, 2.75) is 37.9 Å². The molecule has 1 fully saturated rings. The first-order valence-electron chi connectivity index (χ1n) is 11.2. The lowest BCUT2D eigenvalue weighted by atomic mass is 9.97. The first-order chi connectivity index (χ1) is 16.1. The number of nitrogens with zero attached hydrogens (tertiary/aromatic N) is 5. The molecule has 3 aliphatic heterocycles. The van der Waals surface area contributed by atoms with Gasteiger partial charge in [-0.05, 0) is 48.9 Å². The molecule has 0 spiro atoms. The van der Waals surface area contributed by atoms with Crippen LogP contribution in [-0.2, 0) is 0 Å². The summed E-state index contributed by atoms with van der Waals surface area (Å²) in [7, 11) is 0. The van der Waals surface area contributed by atoms with Crippen LogP contribution in [0.1, 0.15) is 43.1 Å². The van der Waals surface area contributed by atoms with Gasteiger partial charge in [-0.1, -0.05) is 23.9 Å². The number of aromatic nitrogens is 2. The summed E-state index contributed by atoms with van der Waals surface area (Å²) in [5.41, 5.74) is 1.80.